The zero-order chi connectivity index (χ0) is 11.4. The largest absolute Gasteiger partial charge is 0.383 e. The number of benzene rings is 1. The van der Waals surface area contributed by atoms with Crippen LogP contribution in [-0.2, 0) is 4.74 Å². The molecule has 0 aliphatic carbocycles. The number of likely N-dealkylation sites (tertiary alicyclic amines) is 1. The summed E-state index contributed by atoms with van der Waals surface area (Å²) in [6, 6.07) is 6.80. The number of ether oxygens (including phenoxy) is 1. The molecule has 1 aliphatic rings. The highest BCUT2D eigenvalue weighted by Crippen LogP contribution is 2.25. The first-order valence-corrected chi connectivity index (χ1v) is 5.59. The van der Waals surface area contributed by atoms with Gasteiger partial charge >= 0.3 is 0 Å². The molecule has 1 fully saturated rings. The highest BCUT2D eigenvalue weighted by atomic mass is 19.1. The van der Waals surface area contributed by atoms with Crippen LogP contribution in [0.1, 0.15) is 11.5 Å². The molecule has 1 aromatic carbocycles. The lowest BCUT2D eigenvalue weighted by atomic mass is 9.99. The van der Waals surface area contributed by atoms with Gasteiger partial charge in [0.15, 0.2) is 0 Å². The molecule has 2 nitrogen and oxygen atoms in total. The Morgan fingerprint density at radius 2 is 2.12 bits per heavy atom. The minimum atomic E-state index is -0.169. The van der Waals surface area contributed by atoms with E-state index >= 15 is 0 Å². The van der Waals surface area contributed by atoms with Gasteiger partial charge in [0.2, 0.25) is 0 Å². The first kappa shape index (κ1) is 11.6. The van der Waals surface area contributed by atoms with E-state index in [1.54, 1.807) is 7.11 Å². The zero-order valence-electron chi connectivity index (χ0n) is 9.53. The average Bonchev–Trinajstić information content (AvgIpc) is 2.76. The quantitative estimate of drug-likeness (QED) is 0.773. The fraction of sp³-hybridized carbons (Fsp3) is 0.462. The van der Waals surface area contributed by atoms with Crippen molar-refractivity contribution < 1.29 is 9.13 Å². The van der Waals surface area contributed by atoms with Gasteiger partial charge in [-0.1, -0.05) is 12.1 Å². The monoisotopic (exact) mass is 222 g/mol. The Morgan fingerprint density at radius 1 is 1.38 bits per heavy atom. The molecule has 3 heteroatoms. The minimum absolute atomic E-state index is 0.169. The molecule has 1 atom stereocenters. The van der Waals surface area contributed by atoms with E-state index in [-0.39, 0.29) is 5.82 Å². The van der Waals surface area contributed by atoms with E-state index in [0.29, 0.717) is 5.92 Å². The van der Waals surface area contributed by atoms with Crippen molar-refractivity contribution in [1.82, 2.24) is 4.90 Å². The lowest BCUT2D eigenvalue weighted by molar-refractivity contribution is 0.161. The lowest BCUT2D eigenvalue weighted by Crippen LogP contribution is -2.24. The van der Waals surface area contributed by atoms with Crippen molar-refractivity contribution in [2.45, 2.75) is 5.92 Å². The number of hydrogen-bond donors (Lipinski definition) is 0. The van der Waals surface area contributed by atoms with Crippen LogP contribution >= 0.6 is 0 Å². The molecular formula is C13H17FNO. The maximum atomic E-state index is 12.8. The van der Waals surface area contributed by atoms with Crippen LogP contribution in [0.15, 0.2) is 24.3 Å². The molecule has 2 rings (SSSR count). The lowest BCUT2D eigenvalue weighted by Gasteiger charge is -2.15. The number of hydrogen-bond acceptors (Lipinski definition) is 2. The van der Waals surface area contributed by atoms with Gasteiger partial charge in [-0.2, -0.15) is 0 Å². The van der Waals surface area contributed by atoms with Crippen LogP contribution in [0.25, 0.3) is 0 Å². The van der Waals surface area contributed by atoms with Crippen molar-refractivity contribution in [1.29, 1.82) is 0 Å². The Hall–Kier alpha value is -0.930. The van der Waals surface area contributed by atoms with Crippen LogP contribution in [0, 0.1) is 12.2 Å². The number of nitrogens with zero attached hydrogens (tertiary/aromatic N) is 1. The predicted molar refractivity (Wildman–Crippen MR) is 61.8 cm³/mol. The van der Waals surface area contributed by atoms with Crippen molar-refractivity contribution in [2.24, 2.45) is 0 Å². The van der Waals surface area contributed by atoms with Gasteiger partial charge in [0.05, 0.1) is 6.61 Å². The van der Waals surface area contributed by atoms with Gasteiger partial charge in [-0.25, -0.2) is 4.39 Å². The van der Waals surface area contributed by atoms with Gasteiger partial charge in [-0.15, -0.1) is 0 Å². The summed E-state index contributed by atoms with van der Waals surface area (Å²) in [5, 5.41) is 0. The molecule has 0 spiro atoms. The van der Waals surface area contributed by atoms with Gasteiger partial charge in [-0.05, 0) is 24.1 Å². The predicted octanol–water partition coefficient (Wildman–Crippen LogP) is 2.08. The third-order valence-electron chi connectivity index (χ3n) is 3.01. The van der Waals surface area contributed by atoms with Crippen molar-refractivity contribution in [2.75, 3.05) is 33.4 Å². The first-order chi connectivity index (χ1) is 7.79. The van der Waals surface area contributed by atoms with Gasteiger partial charge in [0.25, 0.3) is 0 Å². The summed E-state index contributed by atoms with van der Waals surface area (Å²) in [4.78, 5) is 2.34. The van der Waals surface area contributed by atoms with Crippen molar-refractivity contribution >= 4 is 0 Å². The van der Waals surface area contributed by atoms with Crippen LogP contribution in [0.4, 0.5) is 4.39 Å². The summed E-state index contributed by atoms with van der Waals surface area (Å²) >= 11 is 0. The third-order valence-corrected chi connectivity index (χ3v) is 3.01. The van der Waals surface area contributed by atoms with E-state index < -0.39 is 0 Å². The maximum absolute atomic E-state index is 12.8. The molecule has 16 heavy (non-hydrogen) atoms. The second kappa shape index (κ2) is 5.41. The molecular weight excluding hydrogens is 205 g/mol. The van der Waals surface area contributed by atoms with E-state index in [1.165, 1.54) is 17.7 Å². The number of methoxy groups -OCH3 is 1. The Morgan fingerprint density at radius 3 is 2.81 bits per heavy atom. The minimum Gasteiger partial charge on any atom is -0.383 e. The molecule has 0 aromatic heterocycles. The smallest absolute Gasteiger partial charge is 0.123 e. The summed E-state index contributed by atoms with van der Waals surface area (Å²) in [5.74, 6) is 0.260. The van der Waals surface area contributed by atoms with E-state index in [9.17, 15) is 4.39 Å². The molecule has 1 radical (unpaired) electrons. The normalized spacial score (nSPS) is 21.5. The summed E-state index contributed by atoms with van der Waals surface area (Å²) in [6.45, 7) is 3.73. The summed E-state index contributed by atoms with van der Waals surface area (Å²) in [5.41, 5.74) is 1.20. The van der Waals surface area contributed by atoms with Gasteiger partial charge in [-0.3, -0.25) is 0 Å². The third kappa shape index (κ3) is 2.80. The molecule has 1 aliphatic heterocycles. The van der Waals surface area contributed by atoms with Crippen molar-refractivity contribution in [3.8, 4) is 0 Å². The van der Waals surface area contributed by atoms with E-state index in [1.807, 2.05) is 12.1 Å². The highest BCUT2D eigenvalue weighted by Gasteiger charge is 2.23. The molecule has 0 bridgehead atoms. The second-order valence-electron chi connectivity index (χ2n) is 4.15. The summed E-state index contributed by atoms with van der Waals surface area (Å²) in [7, 11) is 1.72. The van der Waals surface area contributed by atoms with Gasteiger partial charge in [0.1, 0.15) is 5.82 Å². The Labute approximate surface area is 96.0 Å². The fourth-order valence-electron chi connectivity index (χ4n) is 2.06. The van der Waals surface area contributed by atoms with Crippen LogP contribution in [0.2, 0.25) is 0 Å². The second-order valence-corrected chi connectivity index (χ2v) is 4.15. The van der Waals surface area contributed by atoms with E-state index in [2.05, 4.69) is 11.3 Å². The van der Waals surface area contributed by atoms with Crippen LogP contribution in [0.5, 0.6) is 0 Å². The van der Waals surface area contributed by atoms with Gasteiger partial charge in [0, 0.05) is 32.7 Å². The first-order valence-electron chi connectivity index (χ1n) is 5.59. The topological polar surface area (TPSA) is 12.5 Å². The van der Waals surface area contributed by atoms with Gasteiger partial charge < -0.3 is 9.64 Å². The molecule has 1 heterocycles. The van der Waals surface area contributed by atoms with Crippen LogP contribution in [-0.4, -0.2) is 38.3 Å². The average molecular weight is 222 g/mol. The molecule has 0 saturated carbocycles. The standard InChI is InChI=1S/C13H17FNO/c1-16-9-8-15-7-6-12(10-15)11-2-4-13(14)5-3-11/h2-6,12H,7-10H2,1H3/t12-/m1/s1. The fourth-order valence-corrected chi connectivity index (χ4v) is 2.06. The SMILES string of the molecule is COCCN1C[CH][C@@H](c2ccc(F)cc2)C1. The number of halogens is 1. The highest BCUT2D eigenvalue weighted by molar-refractivity contribution is 5.25. The molecule has 1 saturated heterocycles. The molecule has 0 N–H and O–H groups in total. The van der Waals surface area contributed by atoms with Crippen LogP contribution in [0.3, 0.4) is 0 Å². The number of rotatable bonds is 4. The van der Waals surface area contributed by atoms with Crippen LogP contribution < -0.4 is 0 Å². The molecule has 87 valence electrons. The van der Waals surface area contributed by atoms with Crippen molar-refractivity contribution in [3.63, 3.8) is 0 Å². The molecule has 0 amide bonds. The summed E-state index contributed by atoms with van der Waals surface area (Å²) in [6.07, 6.45) is 2.28. The summed E-state index contributed by atoms with van der Waals surface area (Å²) < 4.78 is 17.8. The van der Waals surface area contributed by atoms with E-state index in [4.69, 9.17) is 4.74 Å². The molecule has 1 aromatic rings. The Bertz CT molecular complexity index is 325. The Balaban J connectivity index is 1.90. The van der Waals surface area contributed by atoms with E-state index in [0.717, 1.165) is 26.2 Å². The Kier molecular flexibility index (Phi) is 3.91. The van der Waals surface area contributed by atoms with Crippen molar-refractivity contribution in [3.05, 3.63) is 42.1 Å². The maximum Gasteiger partial charge on any atom is 0.123 e. The molecule has 0 unspecified atom stereocenters. The zero-order valence-corrected chi connectivity index (χ0v) is 9.53.